The van der Waals surface area contributed by atoms with Gasteiger partial charge in [0.15, 0.2) is 0 Å². The molecule has 2 rings (SSSR count). The predicted molar refractivity (Wildman–Crippen MR) is 98.4 cm³/mol. The van der Waals surface area contributed by atoms with Gasteiger partial charge in [0.25, 0.3) is 0 Å². The van der Waals surface area contributed by atoms with Crippen molar-refractivity contribution in [1.29, 1.82) is 0 Å². The highest BCUT2D eigenvalue weighted by Crippen LogP contribution is 2.23. The first-order chi connectivity index (χ1) is 12.9. The molecule has 144 valence electrons. The number of aliphatic hydroxyl groups is 2. The zero-order valence-corrected chi connectivity index (χ0v) is 15.0. The molecule has 0 saturated carbocycles. The molecular weight excluding hydrogens is 350 g/mol. The lowest BCUT2D eigenvalue weighted by Crippen LogP contribution is -2.30. The van der Waals surface area contributed by atoms with Crippen molar-refractivity contribution in [1.82, 2.24) is 5.32 Å². The summed E-state index contributed by atoms with van der Waals surface area (Å²) in [6.45, 7) is 1.93. The van der Waals surface area contributed by atoms with Gasteiger partial charge >= 0.3 is 12.1 Å². The summed E-state index contributed by atoms with van der Waals surface area (Å²) in [5, 5.41) is 31.9. The summed E-state index contributed by atoms with van der Waals surface area (Å²) >= 11 is 0. The number of alkyl carbamates (subject to hydrolysis) is 1. The normalized spacial score (nSPS) is 12.9. The summed E-state index contributed by atoms with van der Waals surface area (Å²) in [4.78, 5) is 22.6. The van der Waals surface area contributed by atoms with Gasteiger partial charge in [0.1, 0.15) is 12.7 Å². The Bertz CT molecular complexity index is 777. The molecule has 0 heterocycles. The minimum Gasteiger partial charge on any atom is -0.478 e. The second-order valence-electron chi connectivity index (χ2n) is 6.17. The van der Waals surface area contributed by atoms with Crippen molar-refractivity contribution in [3.63, 3.8) is 0 Å². The molecule has 0 spiro atoms. The highest BCUT2D eigenvalue weighted by atomic mass is 16.5. The lowest BCUT2D eigenvalue weighted by atomic mass is 9.96. The number of aliphatic hydroxyl groups excluding tert-OH is 2. The molecule has 0 saturated heterocycles. The summed E-state index contributed by atoms with van der Waals surface area (Å²) in [5.41, 5.74) is 1.99. The van der Waals surface area contributed by atoms with Gasteiger partial charge in [0.05, 0.1) is 11.7 Å². The van der Waals surface area contributed by atoms with Crippen LogP contribution in [-0.2, 0) is 11.3 Å². The number of hydrogen-bond donors (Lipinski definition) is 4. The summed E-state index contributed by atoms with van der Waals surface area (Å²) in [6, 6.07) is 13.5. The van der Waals surface area contributed by atoms with Gasteiger partial charge in [-0.1, -0.05) is 36.4 Å². The van der Waals surface area contributed by atoms with Gasteiger partial charge in [0, 0.05) is 6.54 Å². The fraction of sp³-hybridized carbons (Fsp3) is 0.300. The second-order valence-corrected chi connectivity index (χ2v) is 6.17. The number of hydrogen-bond acceptors (Lipinski definition) is 5. The number of amides is 1. The zero-order valence-electron chi connectivity index (χ0n) is 15.0. The van der Waals surface area contributed by atoms with Crippen LogP contribution in [0.15, 0.2) is 48.5 Å². The highest BCUT2D eigenvalue weighted by molar-refractivity contribution is 5.87. The van der Waals surface area contributed by atoms with E-state index in [1.54, 1.807) is 6.92 Å². The molecule has 0 bridgehead atoms. The number of carbonyl (C=O) groups excluding carboxylic acids is 1. The predicted octanol–water partition coefficient (Wildman–Crippen LogP) is 2.40. The smallest absolute Gasteiger partial charge is 0.407 e. The number of benzene rings is 2. The van der Waals surface area contributed by atoms with E-state index in [9.17, 15) is 19.8 Å². The summed E-state index contributed by atoms with van der Waals surface area (Å²) in [7, 11) is 0. The Labute approximate surface area is 157 Å². The summed E-state index contributed by atoms with van der Waals surface area (Å²) in [5.74, 6) is -1.06. The Kier molecular flexibility index (Phi) is 7.34. The number of nitrogens with one attached hydrogen (secondary N) is 1. The Morgan fingerprint density at radius 3 is 2.44 bits per heavy atom. The first-order valence-corrected chi connectivity index (χ1v) is 8.53. The number of ether oxygens (including phenoxy) is 1. The van der Waals surface area contributed by atoms with Crippen molar-refractivity contribution < 1.29 is 29.6 Å². The van der Waals surface area contributed by atoms with Gasteiger partial charge < -0.3 is 25.4 Å². The lowest BCUT2D eigenvalue weighted by molar-refractivity contribution is 0.0132. The third kappa shape index (κ3) is 6.09. The molecule has 0 fully saturated rings. The molecule has 0 radical (unpaired) electrons. The van der Waals surface area contributed by atoms with Crippen LogP contribution in [-0.4, -0.2) is 40.0 Å². The number of carboxylic acid groups (broad SMARTS) is 1. The minimum atomic E-state index is -1.19. The van der Waals surface area contributed by atoms with Crippen LogP contribution in [0.5, 0.6) is 0 Å². The van der Waals surface area contributed by atoms with Crippen molar-refractivity contribution in [3.8, 4) is 0 Å². The maximum Gasteiger partial charge on any atom is 0.407 e. The van der Waals surface area contributed by atoms with E-state index < -0.39 is 24.3 Å². The number of rotatable bonds is 8. The van der Waals surface area contributed by atoms with Gasteiger partial charge in [0.2, 0.25) is 0 Å². The van der Waals surface area contributed by atoms with Crippen molar-refractivity contribution in [2.75, 3.05) is 6.54 Å². The molecule has 0 aliphatic heterocycles. The van der Waals surface area contributed by atoms with Crippen LogP contribution in [0.25, 0.3) is 0 Å². The lowest BCUT2D eigenvalue weighted by Gasteiger charge is -2.20. The molecule has 7 nitrogen and oxygen atoms in total. The molecule has 2 aromatic carbocycles. The molecular formula is C20H23NO6. The minimum absolute atomic E-state index is 0.112. The molecule has 2 atom stereocenters. The third-order valence-electron chi connectivity index (χ3n) is 4.12. The largest absolute Gasteiger partial charge is 0.478 e. The topological polar surface area (TPSA) is 116 Å². The average Bonchev–Trinajstić information content (AvgIpc) is 2.66. The van der Waals surface area contributed by atoms with Crippen molar-refractivity contribution in [2.45, 2.75) is 32.2 Å². The second kappa shape index (κ2) is 9.70. The Balaban J connectivity index is 1.78. The van der Waals surface area contributed by atoms with Gasteiger partial charge in [-0.25, -0.2) is 9.59 Å². The van der Waals surface area contributed by atoms with E-state index in [2.05, 4.69) is 5.32 Å². The first-order valence-electron chi connectivity index (χ1n) is 8.53. The zero-order chi connectivity index (χ0) is 19.8. The van der Waals surface area contributed by atoms with E-state index in [4.69, 9.17) is 9.84 Å². The van der Waals surface area contributed by atoms with Crippen molar-refractivity contribution in [2.24, 2.45) is 0 Å². The Hall–Kier alpha value is -2.90. The Morgan fingerprint density at radius 1 is 1.11 bits per heavy atom. The van der Waals surface area contributed by atoms with Gasteiger partial charge in [-0.15, -0.1) is 0 Å². The van der Waals surface area contributed by atoms with E-state index in [0.29, 0.717) is 11.1 Å². The first kappa shape index (κ1) is 20.4. The fourth-order valence-corrected chi connectivity index (χ4v) is 2.60. The molecule has 2 aromatic rings. The number of carboxylic acids is 1. The maximum atomic E-state index is 11.7. The molecule has 0 aliphatic carbocycles. The maximum absolute atomic E-state index is 11.7. The van der Waals surface area contributed by atoms with E-state index in [-0.39, 0.29) is 25.1 Å². The van der Waals surface area contributed by atoms with E-state index in [1.165, 1.54) is 18.2 Å². The quantitative estimate of drug-likeness (QED) is 0.565. The average molecular weight is 373 g/mol. The molecule has 2 unspecified atom stereocenters. The van der Waals surface area contributed by atoms with Crippen molar-refractivity contribution >= 4 is 12.1 Å². The molecule has 27 heavy (non-hydrogen) atoms. The highest BCUT2D eigenvalue weighted by Gasteiger charge is 2.21. The van der Waals surface area contributed by atoms with Gasteiger partial charge in [-0.05, 0) is 42.2 Å². The fourth-order valence-electron chi connectivity index (χ4n) is 2.60. The van der Waals surface area contributed by atoms with Crippen LogP contribution in [0.4, 0.5) is 4.79 Å². The van der Waals surface area contributed by atoms with Gasteiger partial charge in [-0.3, -0.25) is 0 Å². The standard InChI is InChI=1S/C20H23NO6/c1-13-11-15(19(24)25)7-8-16(13)18(23)17(22)9-10-21-20(26)27-12-14-5-3-2-4-6-14/h2-8,11,17-18,22-23H,9-10,12H2,1H3,(H,21,26)(H,24,25). The van der Waals surface area contributed by atoms with Crippen LogP contribution in [0.2, 0.25) is 0 Å². The van der Waals surface area contributed by atoms with E-state index >= 15 is 0 Å². The molecule has 1 amide bonds. The van der Waals surface area contributed by atoms with Crippen LogP contribution >= 0.6 is 0 Å². The number of aryl methyl sites for hydroxylation is 1. The van der Waals surface area contributed by atoms with E-state index in [1.807, 2.05) is 30.3 Å². The summed E-state index contributed by atoms with van der Waals surface area (Å²) in [6.07, 6.45) is -2.80. The number of carbonyl (C=O) groups is 2. The Morgan fingerprint density at radius 2 is 1.81 bits per heavy atom. The molecule has 4 N–H and O–H groups in total. The van der Waals surface area contributed by atoms with Crippen LogP contribution in [0, 0.1) is 6.92 Å². The monoisotopic (exact) mass is 373 g/mol. The van der Waals surface area contributed by atoms with Crippen LogP contribution < -0.4 is 5.32 Å². The third-order valence-corrected chi connectivity index (χ3v) is 4.12. The van der Waals surface area contributed by atoms with Gasteiger partial charge in [-0.2, -0.15) is 0 Å². The van der Waals surface area contributed by atoms with Crippen LogP contribution in [0.1, 0.15) is 39.6 Å². The molecule has 7 heteroatoms. The summed E-state index contributed by atoms with van der Waals surface area (Å²) < 4.78 is 5.06. The molecule has 0 aromatic heterocycles. The van der Waals surface area contributed by atoms with Crippen molar-refractivity contribution in [3.05, 3.63) is 70.8 Å². The number of aromatic carboxylic acids is 1. The molecule has 0 aliphatic rings. The SMILES string of the molecule is Cc1cc(C(=O)O)ccc1C(O)C(O)CCNC(=O)OCc1ccccc1. The van der Waals surface area contributed by atoms with Crippen LogP contribution in [0.3, 0.4) is 0 Å². The van der Waals surface area contributed by atoms with E-state index in [0.717, 1.165) is 5.56 Å².